The Morgan fingerprint density at radius 3 is 2.73 bits per heavy atom. The zero-order chi connectivity index (χ0) is 15.9. The quantitative estimate of drug-likeness (QED) is 0.827. The lowest BCUT2D eigenvalue weighted by atomic mass is 9.87. The van der Waals surface area contributed by atoms with Gasteiger partial charge in [0.1, 0.15) is 0 Å². The summed E-state index contributed by atoms with van der Waals surface area (Å²) in [6.07, 6.45) is -0.294. The Labute approximate surface area is 136 Å². The van der Waals surface area contributed by atoms with E-state index in [2.05, 4.69) is 21.2 Å². The third-order valence-electron chi connectivity index (χ3n) is 3.84. The molecule has 1 aliphatic heterocycles. The molecule has 22 heavy (non-hydrogen) atoms. The van der Waals surface area contributed by atoms with Crippen LogP contribution in [0.5, 0.6) is 0 Å². The molecule has 5 heteroatoms. The lowest BCUT2D eigenvalue weighted by Gasteiger charge is -2.20. The second-order valence-corrected chi connectivity index (χ2v) is 6.30. The summed E-state index contributed by atoms with van der Waals surface area (Å²) >= 11 is 3.32. The normalized spacial score (nSPS) is 19.7. The van der Waals surface area contributed by atoms with Crippen molar-refractivity contribution in [2.45, 2.75) is 18.9 Å². The van der Waals surface area contributed by atoms with Crippen LogP contribution >= 0.6 is 15.9 Å². The zero-order valence-corrected chi connectivity index (χ0v) is 13.5. The first-order valence-corrected chi connectivity index (χ1v) is 7.64. The molecule has 0 bridgehead atoms. The maximum absolute atomic E-state index is 12.5. The van der Waals surface area contributed by atoms with Crippen molar-refractivity contribution in [1.29, 1.82) is 0 Å². The molecule has 0 unspecified atom stereocenters. The molecule has 1 aliphatic rings. The molecule has 0 aliphatic carbocycles. The third-order valence-corrected chi connectivity index (χ3v) is 4.53. The van der Waals surface area contributed by atoms with Gasteiger partial charge >= 0.3 is 0 Å². The first-order valence-electron chi connectivity index (χ1n) is 6.84. The van der Waals surface area contributed by atoms with Gasteiger partial charge in [-0.25, -0.2) is 0 Å². The highest BCUT2D eigenvalue weighted by molar-refractivity contribution is 9.10. The van der Waals surface area contributed by atoms with E-state index in [4.69, 9.17) is 0 Å². The third kappa shape index (κ3) is 2.36. The number of hydrogen-bond acceptors (Lipinski definition) is 3. The minimum Gasteiger partial charge on any atom is -0.375 e. The number of ketones is 1. The molecule has 0 saturated carbocycles. The highest BCUT2D eigenvalue weighted by Gasteiger charge is 2.46. The van der Waals surface area contributed by atoms with E-state index < -0.39 is 11.5 Å². The predicted molar refractivity (Wildman–Crippen MR) is 86.8 cm³/mol. The number of hydrogen-bond donors (Lipinski definition) is 2. The molecule has 1 amide bonds. The molecule has 2 aromatic carbocycles. The van der Waals surface area contributed by atoms with Crippen LogP contribution in [0.1, 0.15) is 27.9 Å². The lowest BCUT2D eigenvalue weighted by molar-refractivity contribution is -0.133. The number of anilines is 1. The fraction of sp³-hybridized carbons (Fsp3) is 0.176. The zero-order valence-electron chi connectivity index (χ0n) is 11.9. The van der Waals surface area contributed by atoms with Crippen LogP contribution in [0.4, 0.5) is 5.69 Å². The Morgan fingerprint density at radius 1 is 1.27 bits per heavy atom. The van der Waals surface area contributed by atoms with Crippen LogP contribution in [0.3, 0.4) is 0 Å². The number of aliphatic hydroxyl groups is 1. The molecule has 0 radical (unpaired) electrons. The minimum absolute atomic E-state index is 0.292. The largest absolute Gasteiger partial charge is 0.375 e. The van der Waals surface area contributed by atoms with Crippen molar-refractivity contribution in [3.63, 3.8) is 0 Å². The monoisotopic (exact) mass is 359 g/mol. The second-order valence-electron chi connectivity index (χ2n) is 5.44. The van der Waals surface area contributed by atoms with E-state index >= 15 is 0 Å². The number of carbonyl (C=O) groups excluding carboxylic acids is 2. The Hall–Kier alpha value is -1.98. The Balaban J connectivity index is 1.98. The first kappa shape index (κ1) is 14.9. The average molecular weight is 360 g/mol. The number of carbonyl (C=O) groups is 2. The van der Waals surface area contributed by atoms with E-state index in [1.165, 1.54) is 0 Å². The summed E-state index contributed by atoms with van der Waals surface area (Å²) in [4.78, 5) is 24.7. The van der Waals surface area contributed by atoms with Crippen LogP contribution in [0.2, 0.25) is 0 Å². The summed E-state index contributed by atoms with van der Waals surface area (Å²) in [6.45, 7) is 1.87. The van der Waals surface area contributed by atoms with E-state index in [0.29, 0.717) is 21.3 Å². The molecule has 0 saturated heterocycles. The molecule has 4 nitrogen and oxygen atoms in total. The molecule has 112 valence electrons. The van der Waals surface area contributed by atoms with Crippen LogP contribution in [0.15, 0.2) is 46.9 Å². The minimum atomic E-state index is -1.83. The van der Waals surface area contributed by atoms with Crippen molar-refractivity contribution in [3.05, 3.63) is 63.6 Å². The van der Waals surface area contributed by atoms with Crippen LogP contribution in [0, 0.1) is 6.92 Å². The maximum atomic E-state index is 12.5. The van der Waals surface area contributed by atoms with E-state index in [9.17, 15) is 14.7 Å². The van der Waals surface area contributed by atoms with Gasteiger partial charge in [0, 0.05) is 21.3 Å². The number of halogens is 1. The molecule has 2 N–H and O–H groups in total. The second kappa shape index (κ2) is 5.34. The topological polar surface area (TPSA) is 66.4 Å². The number of aryl methyl sites for hydroxylation is 1. The maximum Gasteiger partial charge on any atom is 0.261 e. The van der Waals surface area contributed by atoms with Crippen molar-refractivity contribution < 1.29 is 14.7 Å². The highest BCUT2D eigenvalue weighted by Crippen LogP contribution is 2.39. The standard InChI is InChI=1S/C17H14BrNO3/c1-10-6-7-14-12(8-10)17(22,16(21)19-14)9-15(20)11-4-2-3-5-13(11)18/h2-8,22H,9H2,1H3,(H,19,21)/t17-/m0/s1. The Bertz CT molecular complexity index is 787. The molecular formula is C17H14BrNO3. The first-order chi connectivity index (χ1) is 10.4. The highest BCUT2D eigenvalue weighted by atomic mass is 79.9. The summed E-state index contributed by atoms with van der Waals surface area (Å²) in [5.41, 5.74) is 0.552. The fourth-order valence-corrected chi connectivity index (χ4v) is 3.15. The van der Waals surface area contributed by atoms with Gasteiger partial charge in [0.2, 0.25) is 0 Å². The van der Waals surface area contributed by atoms with Crippen molar-refractivity contribution in [3.8, 4) is 0 Å². The molecular weight excluding hydrogens is 346 g/mol. The summed E-state index contributed by atoms with van der Waals surface area (Å²) in [7, 11) is 0. The summed E-state index contributed by atoms with van der Waals surface area (Å²) < 4.78 is 0.645. The van der Waals surface area contributed by atoms with Gasteiger partial charge in [0.15, 0.2) is 11.4 Å². The van der Waals surface area contributed by atoms with Crippen LogP contribution < -0.4 is 5.32 Å². The Kier molecular flexibility index (Phi) is 3.62. The molecule has 3 rings (SSSR count). The van der Waals surface area contributed by atoms with Gasteiger partial charge in [0.25, 0.3) is 5.91 Å². The van der Waals surface area contributed by atoms with Gasteiger partial charge in [-0.2, -0.15) is 0 Å². The summed E-state index contributed by atoms with van der Waals surface area (Å²) in [5.74, 6) is -0.854. The van der Waals surface area contributed by atoms with E-state index in [0.717, 1.165) is 5.56 Å². The number of amides is 1. The van der Waals surface area contributed by atoms with E-state index in [1.54, 1.807) is 36.4 Å². The molecule has 0 fully saturated rings. The van der Waals surface area contributed by atoms with Crippen molar-refractivity contribution in [2.75, 3.05) is 5.32 Å². The number of fused-ring (bicyclic) bond motifs is 1. The molecule has 0 aromatic heterocycles. The number of rotatable bonds is 3. The van der Waals surface area contributed by atoms with Gasteiger partial charge in [0.05, 0.1) is 6.42 Å². The van der Waals surface area contributed by atoms with Crippen molar-refractivity contribution in [1.82, 2.24) is 0 Å². The van der Waals surface area contributed by atoms with Gasteiger partial charge in [-0.05, 0) is 19.1 Å². The lowest BCUT2D eigenvalue weighted by Crippen LogP contribution is -2.36. The predicted octanol–water partition coefficient (Wildman–Crippen LogP) is 3.17. The molecule has 1 atom stereocenters. The Morgan fingerprint density at radius 2 is 2.00 bits per heavy atom. The number of nitrogens with one attached hydrogen (secondary N) is 1. The van der Waals surface area contributed by atoms with Crippen molar-refractivity contribution >= 4 is 33.3 Å². The number of Topliss-reactive ketones (excluding diaryl/α,β-unsaturated/α-hetero) is 1. The fourth-order valence-electron chi connectivity index (χ4n) is 2.65. The molecule has 0 spiro atoms. The van der Waals surface area contributed by atoms with Gasteiger partial charge in [-0.1, -0.05) is 51.8 Å². The van der Waals surface area contributed by atoms with Crippen LogP contribution in [0.25, 0.3) is 0 Å². The summed E-state index contributed by atoms with van der Waals surface area (Å²) in [5, 5.41) is 13.4. The summed E-state index contributed by atoms with van der Waals surface area (Å²) in [6, 6.07) is 12.3. The van der Waals surface area contributed by atoms with E-state index in [-0.39, 0.29) is 12.2 Å². The molecule has 2 aromatic rings. The van der Waals surface area contributed by atoms with Gasteiger partial charge in [-0.15, -0.1) is 0 Å². The van der Waals surface area contributed by atoms with Crippen LogP contribution in [-0.2, 0) is 10.4 Å². The average Bonchev–Trinajstić information content (AvgIpc) is 2.71. The smallest absolute Gasteiger partial charge is 0.261 e. The number of benzene rings is 2. The van der Waals surface area contributed by atoms with Crippen molar-refractivity contribution in [2.24, 2.45) is 0 Å². The SMILES string of the molecule is Cc1ccc2c(c1)[C@@](O)(CC(=O)c1ccccc1Br)C(=O)N2. The molecule has 1 heterocycles. The van der Waals surface area contributed by atoms with Gasteiger partial charge < -0.3 is 10.4 Å². The van der Waals surface area contributed by atoms with E-state index in [1.807, 2.05) is 13.0 Å². The van der Waals surface area contributed by atoms with Crippen LogP contribution in [-0.4, -0.2) is 16.8 Å². The van der Waals surface area contributed by atoms with Gasteiger partial charge in [-0.3, -0.25) is 9.59 Å².